The molecule has 1 aliphatic rings. The third-order valence-electron chi connectivity index (χ3n) is 4.36. The SMILES string of the molecule is Cc1ccc([N+](=O)[O-])cc1C(=O)NCC1NCCc2ccccc21. The van der Waals surface area contributed by atoms with Crippen LogP contribution in [-0.2, 0) is 6.42 Å². The standard InChI is InChI=1S/C18H19N3O3/c1-12-6-7-14(21(23)24)10-16(12)18(22)20-11-17-15-5-3-2-4-13(15)8-9-19-17/h2-7,10,17,19H,8-9,11H2,1H3,(H,20,22). The van der Waals surface area contributed by atoms with Gasteiger partial charge in [-0.15, -0.1) is 0 Å². The summed E-state index contributed by atoms with van der Waals surface area (Å²) in [4.78, 5) is 22.8. The van der Waals surface area contributed by atoms with E-state index in [1.165, 1.54) is 23.3 Å². The van der Waals surface area contributed by atoms with E-state index in [1.54, 1.807) is 13.0 Å². The fraction of sp³-hybridized carbons (Fsp3) is 0.278. The Hall–Kier alpha value is -2.73. The smallest absolute Gasteiger partial charge is 0.270 e. The summed E-state index contributed by atoms with van der Waals surface area (Å²) in [7, 11) is 0. The maximum Gasteiger partial charge on any atom is 0.270 e. The number of hydrogen-bond acceptors (Lipinski definition) is 4. The first-order chi connectivity index (χ1) is 11.6. The van der Waals surface area contributed by atoms with Gasteiger partial charge in [0.1, 0.15) is 0 Å². The summed E-state index contributed by atoms with van der Waals surface area (Å²) in [5.74, 6) is -0.291. The van der Waals surface area contributed by atoms with Crippen molar-refractivity contribution in [3.63, 3.8) is 0 Å². The summed E-state index contributed by atoms with van der Waals surface area (Å²) < 4.78 is 0. The van der Waals surface area contributed by atoms with Gasteiger partial charge in [-0.25, -0.2) is 0 Å². The van der Waals surface area contributed by atoms with Crippen LogP contribution in [0.4, 0.5) is 5.69 Å². The molecule has 0 spiro atoms. The van der Waals surface area contributed by atoms with Gasteiger partial charge in [0.25, 0.3) is 11.6 Å². The first-order valence-corrected chi connectivity index (χ1v) is 7.90. The molecule has 0 aliphatic carbocycles. The van der Waals surface area contributed by atoms with Crippen molar-refractivity contribution in [2.24, 2.45) is 0 Å². The number of carbonyl (C=O) groups excluding carboxylic acids is 1. The molecule has 0 saturated heterocycles. The molecule has 2 N–H and O–H groups in total. The number of nitro benzene ring substituents is 1. The molecular weight excluding hydrogens is 306 g/mol. The number of carbonyl (C=O) groups is 1. The van der Waals surface area contributed by atoms with Crippen LogP contribution in [0, 0.1) is 17.0 Å². The molecule has 2 aromatic carbocycles. The van der Waals surface area contributed by atoms with Gasteiger partial charge < -0.3 is 10.6 Å². The summed E-state index contributed by atoms with van der Waals surface area (Å²) in [6, 6.07) is 12.6. The molecule has 1 aliphatic heterocycles. The minimum atomic E-state index is -0.491. The number of rotatable bonds is 4. The van der Waals surface area contributed by atoms with Crippen LogP contribution in [0.3, 0.4) is 0 Å². The van der Waals surface area contributed by atoms with E-state index in [9.17, 15) is 14.9 Å². The summed E-state index contributed by atoms with van der Waals surface area (Å²) in [6.07, 6.45) is 0.977. The second-order valence-corrected chi connectivity index (χ2v) is 5.92. The van der Waals surface area contributed by atoms with Crippen molar-refractivity contribution in [2.75, 3.05) is 13.1 Å². The van der Waals surface area contributed by atoms with Crippen LogP contribution in [0.15, 0.2) is 42.5 Å². The van der Waals surface area contributed by atoms with Crippen LogP contribution in [0.5, 0.6) is 0 Å². The zero-order valence-electron chi connectivity index (χ0n) is 13.4. The van der Waals surface area contributed by atoms with E-state index in [0.717, 1.165) is 18.5 Å². The molecule has 6 heteroatoms. The van der Waals surface area contributed by atoms with Gasteiger partial charge >= 0.3 is 0 Å². The topological polar surface area (TPSA) is 84.3 Å². The molecule has 1 unspecified atom stereocenters. The van der Waals surface area contributed by atoms with E-state index in [0.29, 0.717) is 12.1 Å². The summed E-state index contributed by atoms with van der Waals surface area (Å²) in [5, 5.41) is 17.2. The predicted octanol–water partition coefficient (Wildman–Crippen LogP) is 2.52. The van der Waals surface area contributed by atoms with Crippen molar-refractivity contribution in [2.45, 2.75) is 19.4 Å². The lowest BCUT2D eigenvalue weighted by Crippen LogP contribution is -2.39. The zero-order chi connectivity index (χ0) is 17.1. The minimum Gasteiger partial charge on any atom is -0.350 e. The Bertz CT molecular complexity index is 789. The predicted molar refractivity (Wildman–Crippen MR) is 91.1 cm³/mol. The molecule has 0 fully saturated rings. The van der Waals surface area contributed by atoms with Crippen molar-refractivity contribution in [1.82, 2.24) is 10.6 Å². The van der Waals surface area contributed by atoms with E-state index in [1.807, 2.05) is 12.1 Å². The molecule has 1 heterocycles. The fourth-order valence-electron chi connectivity index (χ4n) is 3.03. The average molecular weight is 325 g/mol. The first-order valence-electron chi connectivity index (χ1n) is 7.90. The second-order valence-electron chi connectivity index (χ2n) is 5.92. The number of aryl methyl sites for hydroxylation is 1. The van der Waals surface area contributed by atoms with Gasteiger partial charge in [0.2, 0.25) is 0 Å². The molecule has 6 nitrogen and oxygen atoms in total. The van der Waals surface area contributed by atoms with Crippen LogP contribution in [-0.4, -0.2) is 23.9 Å². The molecule has 0 aromatic heterocycles. The molecule has 0 radical (unpaired) electrons. The lowest BCUT2D eigenvalue weighted by atomic mass is 9.94. The normalized spacial score (nSPS) is 16.3. The Labute approximate surface area is 140 Å². The molecule has 1 amide bonds. The number of amides is 1. The zero-order valence-corrected chi connectivity index (χ0v) is 13.4. The molecule has 124 valence electrons. The van der Waals surface area contributed by atoms with E-state index in [4.69, 9.17) is 0 Å². The molecule has 2 aromatic rings. The van der Waals surface area contributed by atoms with E-state index >= 15 is 0 Å². The van der Waals surface area contributed by atoms with E-state index in [-0.39, 0.29) is 17.6 Å². The Morgan fingerprint density at radius 1 is 1.33 bits per heavy atom. The van der Waals surface area contributed by atoms with Gasteiger partial charge in [0, 0.05) is 30.3 Å². The Morgan fingerprint density at radius 3 is 2.92 bits per heavy atom. The highest BCUT2D eigenvalue weighted by molar-refractivity contribution is 5.96. The number of nitrogens with one attached hydrogen (secondary N) is 2. The number of nitro groups is 1. The summed E-state index contributed by atoms with van der Waals surface area (Å²) >= 11 is 0. The fourth-order valence-corrected chi connectivity index (χ4v) is 3.03. The number of hydrogen-bond donors (Lipinski definition) is 2. The van der Waals surface area contributed by atoms with Crippen LogP contribution in [0.2, 0.25) is 0 Å². The highest BCUT2D eigenvalue weighted by Gasteiger charge is 2.21. The quantitative estimate of drug-likeness (QED) is 0.668. The Balaban J connectivity index is 1.73. The monoisotopic (exact) mass is 325 g/mol. The lowest BCUT2D eigenvalue weighted by Gasteiger charge is -2.27. The largest absolute Gasteiger partial charge is 0.350 e. The third-order valence-corrected chi connectivity index (χ3v) is 4.36. The maximum atomic E-state index is 12.4. The van der Waals surface area contributed by atoms with Gasteiger partial charge in [-0.2, -0.15) is 0 Å². The third kappa shape index (κ3) is 3.28. The van der Waals surface area contributed by atoms with Crippen molar-refractivity contribution < 1.29 is 9.72 Å². The number of benzene rings is 2. The minimum absolute atomic E-state index is 0.0536. The van der Waals surface area contributed by atoms with Crippen LogP contribution < -0.4 is 10.6 Å². The number of fused-ring (bicyclic) bond motifs is 1. The number of non-ortho nitro benzene ring substituents is 1. The molecular formula is C18H19N3O3. The molecule has 24 heavy (non-hydrogen) atoms. The molecule has 3 rings (SSSR count). The van der Waals surface area contributed by atoms with Gasteiger partial charge in [-0.1, -0.05) is 30.3 Å². The second kappa shape index (κ2) is 6.80. The van der Waals surface area contributed by atoms with Crippen LogP contribution in [0.25, 0.3) is 0 Å². The highest BCUT2D eigenvalue weighted by Crippen LogP contribution is 2.22. The van der Waals surface area contributed by atoms with Crippen molar-refractivity contribution in [1.29, 1.82) is 0 Å². The molecule has 1 atom stereocenters. The van der Waals surface area contributed by atoms with Crippen LogP contribution in [0.1, 0.15) is 33.1 Å². The summed E-state index contributed by atoms with van der Waals surface area (Å²) in [6.45, 7) is 3.08. The highest BCUT2D eigenvalue weighted by atomic mass is 16.6. The van der Waals surface area contributed by atoms with Gasteiger partial charge in [0.05, 0.1) is 4.92 Å². The summed E-state index contributed by atoms with van der Waals surface area (Å²) in [5.41, 5.74) is 3.47. The van der Waals surface area contributed by atoms with E-state index in [2.05, 4.69) is 22.8 Å². The van der Waals surface area contributed by atoms with Gasteiger partial charge in [0.15, 0.2) is 0 Å². The Kier molecular flexibility index (Phi) is 4.57. The van der Waals surface area contributed by atoms with Crippen molar-refractivity contribution in [3.05, 3.63) is 74.8 Å². The molecule has 0 saturated carbocycles. The number of nitrogens with zero attached hydrogens (tertiary/aromatic N) is 1. The van der Waals surface area contributed by atoms with Gasteiger partial charge in [-0.05, 0) is 36.6 Å². The average Bonchev–Trinajstić information content (AvgIpc) is 2.59. The molecule has 0 bridgehead atoms. The van der Waals surface area contributed by atoms with Crippen molar-refractivity contribution >= 4 is 11.6 Å². The lowest BCUT2D eigenvalue weighted by molar-refractivity contribution is -0.384. The maximum absolute atomic E-state index is 12.4. The first kappa shape index (κ1) is 16.1. The van der Waals surface area contributed by atoms with Gasteiger partial charge in [-0.3, -0.25) is 14.9 Å². The van der Waals surface area contributed by atoms with Crippen molar-refractivity contribution in [3.8, 4) is 0 Å². The van der Waals surface area contributed by atoms with E-state index < -0.39 is 4.92 Å². The Morgan fingerprint density at radius 2 is 2.12 bits per heavy atom. The van der Waals surface area contributed by atoms with Crippen LogP contribution >= 0.6 is 0 Å².